The van der Waals surface area contributed by atoms with E-state index in [0.29, 0.717) is 25.9 Å². The van der Waals surface area contributed by atoms with Crippen LogP contribution in [0, 0.1) is 17.6 Å². The van der Waals surface area contributed by atoms with E-state index in [1.54, 1.807) is 6.07 Å². The Hall–Kier alpha value is -2.18. The molecule has 1 aliphatic rings. The normalized spacial score (nSPS) is 20.4. The molecule has 1 saturated heterocycles. The molecule has 24 heavy (non-hydrogen) atoms. The molecule has 2 rings (SSSR count). The molecule has 1 aromatic carbocycles. The SMILES string of the molecule is CC1CCNC(=O)C1NC(=O)NCCCCc1ccc(F)c(F)c1. The number of hydrogen-bond donors (Lipinski definition) is 3. The van der Waals surface area contributed by atoms with E-state index in [4.69, 9.17) is 0 Å². The zero-order valence-electron chi connectivity index (χ0n) is 13.7. The third-order valence-corrected chi connectivity index (χ3v) is 4.20. The fourth-order valence-electron chi connectivity index (χ4n) is 2.71. The fourth-order valence-corrected chi connectivity index (χ4v) is 2.71. The molecule has 0 aliphatic carbocycles. The summed E-state index contributed by atoms with van der Waals surface area (Å²) in [4.78, 5) is 23.5. The maximum atomic E-state index is 13.1. The molecule has 0 aromatic heterocycles. The minimum atomic E-state index is -0.849. The maximum absolute atomic E-state index is 13.1. The smallest absolute Gasteiger partial charge is 0.315 e. The van der Waals surface area contributed by atoms with Gasteiger partial charge in [0.25, 0.3) is 0 Å². The molecule has 3 amide bonds. The average molecular weight is 339 g/mol. The Morgan fingerprint density at radius 3 is 2.79 bits per heavy atom. The lowest BCUT2D eigenvalue weighted by molar-refractivity contribution is -0.125. The van der Waals surface area contributed by atoms with Crippen LogP contribution in [-0.2, 0) is 11.2 Å². The second kappa shape index (κ2) is 8.61. The number of piperidine rings is 1. The monoisotopic (exact) mass is 339 g/mol. The summed E-state index contributed by atoms with van der Waals surface area (Å²) >= 11 is 0. The van der Waals surface area contributed by atoms with Gasteiger partial charge in [-0.3, -0.25) is 4.79 Å². The number of halogens is 2. The van der Waals surface area contributed by atoms with Gasteiger partial charge in [-0.05, 0) is 49.3 Å². The lowest BCUT2D eigenvalue weighted by atomic mass is 9.94. The quantitative estimate of drug-likeness (QED) is 0.695. The van der Waals surface area contributed by atoms with E-state index in [2.05, 4.69) is 16.0 Å². The highest BCUT2D eigenvalue weighted by molar-refractivity contribution is 5.87. The average Bonchev–Trinajstić information content (AvgIpc) is 2.54. The number of carbonyl (C=O) groups is 2. The second-order valence-electron chi connectivity index (χ2n) is 6.14. The van der Waals surface area contributed by atoms with Crippen molar-refractivity contribution in [2.45, 2.75) is 38.6 Å². The third kappa shape index (κ3) is 5.18. The van der Waals surface area contributed by atoms with Gasteiger partial charge in [0.1, 0.15) is 6.04 Å². The standard InChI is InChI=1S/C17H23F2N3O2/c1-11-7-9-20-16(23)15(11)22-17(24)21-8-3-2-4-12-5-6-13(18)14(19)10-12/h5-6,10-11,15H,2-4,7-9H2,1H3,(H,20,23)(H2,21,22,24). The zero-order chi connectivity index (χ0) is 17.5. The van der Waals surface area contributed by atoms with Gasteiger partial charge in [-0.1, -0.05) is 13.0 Å². The van der Waals surface area contributed by atoms with Crippen molar-refractivity contribution in [3.63, 3.8) is 0 Å². The van der Waals surface area contributed by atoms with Crippen molar-refractivity contribution in [1.82, 2.24) is 16.0 Å². The number of rotatable bonds is 6. The number of urea groups is 1. The highest BCUT2D eigenvalue weighted by Gasteiger charge is 2.29. The number of hydrogen-bond acceptors (Lipinski definition) is 2. The molecule has 2 atom stereocenters. The molecular weight excluding hydrogens is 316 g/mol. The Bertz CT molecular complexity index is 595. The van der Waals surface area contributed by atoms with E-state index in [1.807, 2.05) is 6.92 Å². The number of nitrogens with one attached hydrogen (secondary N) is 3. The van der Waals surface area contributed by atoms with Crippen LogP contribution in [0.2, 0.25) is 0 Å². The minimum absolute atomic E-state index is 0.109. The molecule has 0 bridgehead atoms. The van der Waals surface area contributed by atoms with Gasteiger partial charge in [0, 0.05) is 13.1 Å². The first-order valence-corrected chi connectivity index (χ1v) is 8.23. The highest BCUT2D eigenvalue weighted by Crippen LogP contribution is 2.12. The molecule has 5 nitrogen and oxygen atoms in total. The van der Waals surface area contributed by atoms with Crippen LogP contribution in [0.3, 0.4) is 0 Å². The fraction of sp³-hybridized carbons (Fsp3) is 0.529. The zero-order valence-corrected chi connectivity index (χ0v) is 13.7. The van der Waals surface area contributed by atoms with Crippen LogP contribution in [0.15, 0.2) is 18.2 Å². The van der Waals surface area contributed by atoms with Crippen molar-refractivity contribution in [2.24, 2.45) is 5.92 Å². The Balaban J connectivity index is 1.64. The van der Waals surface area contributed by atoms with Crippen LogP contribution in [0.1, 0.15) is 31.7 Å². The van der Waals surface area contributed by atoms with Gasteiger partial charge < -0.3 is 16.0 Å². The number of amides is 3. The molecule has 2 unspecified atom stereocenters. The number of unbranched alkanes of at least 4 members (excludes halogenated alkanes) is 1. The summed E-state index contributed by atoms with van der Waals surface area (Å²) in [6, 6.07) is 3.00. The Kier molecular flexibility index (Phi) is 6.52. The van der Waals surface area contributed by atoms with E-state index in [-0.39, 0.29) is 17.9 Å². The summed E-state index contributed by atoms with van der Waals surface area (Å²) in [6.45, 7) is 3.04. The summed E-state index contributed by atoms with van der Waals surface area (Å²) < 4.78 is 25.9. The molecule has 3 N–H and O–H groups in total. The van der Waals surface area contributed by atoms with Crippen LogP contribution >= 0.6 is 0 Å². The summed E-state index contributed by atoms with van der Waals surface area (Å²) in [7, 11) is 0. The molecule has 0 saturated carbocycles. The first-order chi connectivity index (χ1) is 11.5. The largest absolute Gasteiger partial charge is 0.354 e. The molecule has 7 heteroatoms. The number of benzene rings is 1. The molecule has 0 spiro atoms. The van der Waals surface area contributed by atoms with Crippen molar-refractivity contribution in [3.05, 3.63) is 35.4 Å². The van der Waals surface area contributed by atoms with Crippen molar-refractivity contribution in [3.8, 4) is 0 Å². The molecule has 1 fully saturated rings. The Morgan fingerprint density at radius 2 is 2.08 bits per heavy atom. The summed E-state index contributed by atoms with van der Waals surface area (Å²) in [5.41, 5.74) is 0.728. The summed E-state index contributed by atoms with van der Waals surface area (Å²) in [5.74, 6) is -1.73. The summed E-state index contributed by atoms with van der Waals surface area (Å²) in [5, 5.41) is 8.13. The van der Waals surface area contributed by atoms with Gasteiger partial charge in [0.05, 0.1) is 0 Å². The van der Waals surface area contributed by atoms with E-state index in [9.17, 15) is 18.4 Å². The van der Waals surface area contributed by atoms with Crippen LogP contribution in [-0.4, -0.2) is 31.1 Å². The van der Waals surface area contributed by atoms with Crippen molar-refractivity contribution in [2.75, 3.05) is 13.1 Å². The first kappa shape index (κ1) is 18.2. The number of carbonyl (C=O) groups excluding carboxylic acids is 2. The lowest BCUT2D eigenvalue weighted by Gasteiger charge is -2.28. The van der Waals surface area contributed by atoms with Crippen molar-refractivity contribution < 1.29 is 18.4 Å². The molecule has 1 aliphatic heterocycles. The van der Waals surface area contributed by atoms with Gasteiger partial charge >= 0.3 is 6.03 Å². The van der Waals surface area contributed by atoms with Crippen LogP contribution in [0.4, 0.5) is 13.6 Å². The van der Waals surface area contributed by atoms with Crippen LogP contribution < -0.4 is 16.0 Å². The van der Waals surface area contributed by atoms with Crippen molar-refractivity contribution in [1.29, 1.82) is 0 Å². The van der Waals surface area contributed by atoms with E-state index < -0.39 is 17.7 Å². The van der Waals surface area contributed by atoms with E-state index >= 15 is 0 Å². The van der Waals surface area contributed by atoms with Crippen LogP contribution in [0.25, 0.3) is 0 Å². The Labute approximate surface area is 140 Å². The maximum Gasteiger partial charge on any atom is 0.315 e. The molecule has 0 radical (unpaired) electrons. The van der Waals surface area contributed by atoms with Crippen molar-refractivity contribution >= 4 is 11.9 Å². The first-order valence-electron chi connectivity index (χ1n) is 8.23. The molecule has 132 valence electrons. The Morgan fingerprint density at radius 1 is 1.29 bits per heavy atom. The molecule has 1 heterocycles. The van der Waals surface area contributed by atoms with E-state index in [1.165, 1.54) is 6.07 Å². The topological polar surface area (TPSA) is 70.2 Å². The predicted octanol–water partition coefficient (Wildman–Crippen LogP) is 2.11. The summed E-state index contributed by atoms with van der Waals surface area (Å²) in [6.07, 6.45) is 2.90. The van der Waals surface area contributed by atoms with Gasteiger partial charge in [-0.15, -0.1) is 0 Å². The van der Waals surface area contributed by atoms with Gasteiger partial charge in [-0.25, -0.2) is 13.6 Å². The van der Waals surface area contributed by atoms with Gasteiger partial charge in [0.15, 0.2) is 11.6 Å². The molecule has 1 aromatic rings. The number of aryl methyl sites for hydroxylation is 1. The third-order valence-electron chi connectivity index (χ3n) is 4.20. The van der Waals surface area contributed by atoms with Crippen LogP contribution in [0.5, 0.6) is 0 Å². The van der Waals surface area contributed by atoms with Gasteiger partial charge in [-0.2, -0.15) is 0 Å². The molecular formula is C17H23F2N3O2. The highest BCUT2D eigenvalue weighted by atomic mass is 19.2. The predicted molar refractivity (Wildman–Crippen MR) is 86.4 cm³/mol. The lowest BCUT2D eigenvalue weighted by Crippen LogP contribution is -2.56. The minimum Gasteiger partial charge on any atom is -0.354 e. The van der Waals surface area contributed by atoms with E-state index in [0.717, 1.165) is 24.5 Å². The van der Waals surface area contributed by atoms with Gasteiger partial charge in [0.2, 0.25) is 5.91 Å². The second-order valence-corrected chi connectivity index (χ2v) is 6.14.